The third-order valence-corrected chi connectivity index (χ3v) is 8.35. The quantitative estimate of drug-likeness (QED) is 0.242. The Morgan fingerprint density at radius 1 is 0.755 bits per heavy atom. The zero-order chi connectivity index (χ0) is 36.8. The summed E-state index contributed by atoms with van der Waals surface area (Å²) < 4.78 is 53.3. The summed E-state index contributed by atoms with van der Waals surface area (Å²) in [5.41, 5.74) is -3.44. The predicted molar refractivity (Wildman–Crippen MR) is 181 cm³/mol. The van der Waals surface area contributed by atoms with E-state index in [2.05, 4.69) is 10.6 Å². The summed E-state index contributed by atoms with van der Waals surface area (Å²) in [5.74, 6) is -6.50. The van der Waals surface area contributed by atoms with Gasteiger partial charge in [0.05, 0.1) is 32.9 Å². The van der Waals surface area contributed by atoms with Crippen LogP contribution in [0.15, 0.2) is 48.5 Å². The molecule has 49 heavy (non-hydrogen) atoms. The number of imide groups is 1. The molecule has 1 aliphatic carbocycles. The van der Waals surface area contributed by atoms with Gasteiger partial charge < -0.3 is 20.1 Å². The number of ether oxygens (including phenoxy) is 2. The lowest BCUT2D eigenvalue weighted by Crippen LogP contribution is -2.44. The van der Waals surface area contributed by atoms with Gasteiger partial charge in [-0.05, 0) is 77.4 Å². The fourth-order valence-corrected chi connectivity index (χ4v) is 5.87. The van der Waals surface area contributed by atoms with Gasteiger partial charge in [-0.2, -0.15) is 4.90 Å². The van der Waals surface area contributed by atoms with Crippen LogP contribution in [0.3, 0.4) is 0 Å². The van der Waals surface area contributed by atoms with Crippen molar-refractivity contribution < 1.29 is 41.8 Å². The van der Waals surface area contributed by atoms with E-state index >= 15 is 8.78 Å². The first kappa shape index (κ1) is 38.1. The molecule has 0 radical (unpaired) electrons. The minimum atomic E-state index is -1.53. The van der Waals surface area contributed by atoms with E-state index in [1.54, 1.807) is 0 Å². The molecule has 1 unspecified atom stereocenters. The molecule has 0 aliphatic heterocycles. The summed E-state index contributed by atoms with van der Waals surface area (Å²) in [6, 6.07) is 8.76. The lowest BCUT2D eigenvalue weighted by atomic mass is 10.1. The number of alkyl halides is 2. The number of anilines is 3. The van der Waals surface area contributed by atoms with E-state index in [4.69, 9.17) is 55.9 Å². The van der Waals surface area contributed by atoms with Crippen LogP contribution in [-0.2, 0) is 14.3 Å². The topological polar surface area (TPSA) is 114 Å². The molecule has 2 N–H and O–H groups in total. The molecule has 0 heterocycles. The first-order chi connectivity index (χ1) is 22.5. The average molecular weight is 763 g/mol. The Hall–Kier alpha value is -3.71. The van der Waals surface area contributed by atoms with E-state index in [1.807, 2.05) is 0 Å². The number of carbonyl (C=O) groups excluding carboxylic acids is 4. The molecule has 2 atom stereocenters. The standard InChI is InChI=1S/C33H30Cl4F3N3O6/c1-31(2,3)48-29(46)43(30(47)49-32(4,5)6)24-14-21(39)23(13-22(24)40)42-27(44)17-12-16(8-9-18(17)34)41-28(45)26-25(33(26,36)37)15-7-10-20(38)19(35)11-15/h7-14,25-26H,1-6H3,(H,41,45)(H,42,44)/t25?,26-/m1/s1. The molecule has 4 rings (SSSR count). The van der Waals surface area contributed by atoms with E-state index < -0.39 is 80.2 Å². The highest BCUT2D eigenvalue weighted by Crippen LogP contribution is 2.65. The molecule has 1 saturated carbocycles. The Kier molecular flexibility index (Phi) is 10.8. The van der Waals surface area contributed by atoms with E-state index in [-0.39, 0.29) is 26.2 Å². The van der Waals surface area contributed by atoms with E-state index in [0.717, 1.165) is 6.07 Å². The summed E-state index contributed by atoms with van der Waals surface area (Å²) >= 11 is 24.8. The van der Waals surface area contributed by atoms with Gasteiger partial charge >= 0.3 is 12.2 Å². The maximum absolute atomic E-state index is 15.5. The smallest absolute Gasteiger partial charge is 0.424 e. The van der Waals surface area contributed by atoms with Gasteiger partial charge in [-0.25, -0.2) is 22.8 Å². The predicted octanol–water partition coefficient (Wildman–Crippen LogP) is 9.87. The lowest BCUT2D eigenvalue weighted by Gasteiger charge is -2.29. The second-order valence-corrected chi connectivity index (χ2v) is 15.3. The molecule has 0 spiro atoms. The highest BCUT2D eigenvalue weighted by Gasteiger charge is 2.67. The summed E-state index contributed by atoms with van der Waals surface area (Å²) in [6.07, 6.45) is -2.66. The van der Waals surface area contributed by atoms with Crippen LogP contribution in [0, 0.1) is 23.4 Å². The average Bonchev–Trinajstić information content (AvgIpc) is 3.53. The molecule has 0 aromatic heterocycles. The molecule has 3 aromatic carbocycles. The monoisotopic (exact) mass is 761 g/mol. The van der Waals surface area contributed by atoms with Crippen LogP contribution < -0.4 is 15.5 Å². The Labute approximate surface area is 299 Å². The van der Waals surface area contributed by atoms with Crippen LogP contribution in [0.1, 0.15) is 63.4 Å². The summed E-state index contributed by atoms with van der Waals surface area (Å²) in [4.78, 5) is 52.3. The third-order valence-electron chi connectivity index (χ3n) is 6.80. The SMILES string of the molecule is CC(C)(C)OC(=O)N(C(=O)OC(C)(C)C)c1cc(F)c(NC(=O)c2cc(NC(=O)[C@H]3C(c4ccc(F)c(Cl)c4)C3(Cl)Cl)ccc2Cl)cc1F. The van der Waals surface area contributed by atoms with Gasteiger partial charge in [0.25, 0.3) is 5.91 Å². The van der Waals surface area contributed by atoms with Gasteiger partial charge in [0, 0.05) is 23.7 Å². The van der Waals surface area contributed by atoms with Crippen molar-refractivity contribution in [1.29, 1.82) is 0 Å². The number of amides is 4. The van der Waals surface area contributed by atoms with Crippen molar-refractivity contribution in [2.45, 2.75) is 63.0 Å². The number of carbonyl (C=O) groups is 4. The van der Waals surface area contributed by atoms with Crippen molar-refractivity contribution in [2.24, 2.45) is 5.92 Å². The van der Waals surface area contributed by atoms with Crippen LogP contribution in [0.25, 0.3) is 0 Å². The molecule has 1 fully saturated rings. The molecular weight excluding hydrogens is 733 g/mol. The van der Waals surface area contributed by atoms with Crippen LogP contribution >= 0.6 is 46.4 Å². The van der Waals surface area contributed by atoms with Gasteiger partial charge in [-0.15, -0.1) is 23.2 Å². The molecular formula is C33H30Cl4F3N3O6. The van der Waals surface area contributed by atoms with E-state index in [9.17, 15) is 23.6 Å². The normalized spacial score (nSPS) is 16.8. The van der Waals surface area contributed by atoms with Crippen LogP contribution in [0.5, 0.6) is 0 Å². The van der Waals surface area contributed by atoms with Crippen molar-refractivity contribution in [3.63, 3.8) is 0 Å². The number of rotatable bonds is 6. The van der Waals surface area contributed by atoms with Crippen LogP contribution in [0.2, 0.25) is 10.0 Å². The zero-order valence-electron chi connectivity index (χ0n) is 26.8. The number of nitrogens with one attached hydrogen (secondary N) is 2. The number of benzene rings is 3. The molecule has 16 heteroatoms. The van der Waals surface area contributed by atoms with Gasteiger partial charge in [0.1, 0.15) is 33.0 Å². The summed E-state index contributed by atoms with van der Waals surface area (Å²) in [6.45, 7) is 9.06. The Morgan fingerprint density at radius 2 is 1.35 bits per heavy atom. The number of hydrogen-bond acceptors (Lipinski definition) is 6. The number of halogens is 7. The third kappa shape index (κ3) is 8.91. The fourth-order valence-electron chi connectivity index (χ4n) is 4.65. The Balaban J connectivity index is 1.55. The first-order valence-corrected chi connectivity index (χ1v) is 16.0. The van der Waals surface area contributed by atoms with Crippen molar-refractivity contribution in [1.82, 2.24) is 0 Å². The van der Waals surface area contributed by atoms with Gasteiger partial charge in [-0.3, -0.25) is 9.59 Å². The zero-order valence-corrected chi connectivity index (χ0v) is 29.8. The maximum Gasteiger partial charge on any atom is 0.424 e. The van der Waals surface area contributed by atoms with Crippen molar-refractivity contribution in [2.75, 3.05) is 15.5 Å². The van der Waals surface area contributed by atoms with E-state index in [1.165, 1.54) is 71.9 Å². The maximum atomic E-state index is 15.5. The lowest BCUT2D eigenvalue weighted by molar-refractivity contribution is -0.117. The summed E-state index contributed by atoms with van der Waals surface area (Å²) in [5, 5.41) is 4.49. The molecule has 262 valence electrons. The molecule has 9 nitrogen and oxygen atoms in total. The molecule has 1 aliphatic rings. The van der Waals surface area contributed by atoms with Crippen LogP contribution in [-0.4, -0.2) is 39.5 Å². The molecule has 4 amide bonds. The minimum absolute atomic E-state index is 0.0823. The van der Waals surface area contributed by atoms with Crippen LogP contribution in [0.4, 0.5) is 39.8 Å². The highest BCUT2D eigenvalue weighted by molar-refractivity contribution is 6.53. The Morgan fingerprint density at radius 3 is 1.90 bits per heavy atom. The van der Waals surface area contributed by atoms with E-state index in [0.29, 0.717) is 17.7 Å². The van der Waals surface area contributed by atoms with Crippen molar-refractivity contribution in [3.05, 3.63) is 87.2 Å². The Bertz CT molecular complexity index is 1820. The fraction of sp³-hybridized carbons (Fsp3) is 0.333. The van der Waals surface area contributed by atoms with Gasteiger partial charge in [0.15, 0.2) is 0 Å². The van der Waals surface area contributed by atoms with Gasteiger partial charge in [0.2, 0.25) is 5.91 Å². The second kappa shape index (κ2) is 13.9. The number of hydrogen-bond donors (Lipinski definition) is 2. The second-order valence-electron chi connectivity index (χ2n) is 13.0. The molecule has 0 bridgehead atoms. The highest BCUT2D eigenvalue weighted by atomic mass is 35.5. The molecule has 3 aromatic rings. The van der Waals surface area contributed by atoms with Crippen molar-refractivity contribution >= 4 is 87.5 Å². The first-order valence-electron chi connectivity index (χ1n) is 14.5. The largest absolute Gasteiger partial charge is 0.443 e. The van der Waals surface area contributed by atoms with Gasteiger partial charge in [-0.1, -0.05) is 29.3 Å². The molecule has 0 saturated heterocycles. The summed E-state index contributed by atoms with van der Waals surface area (Å²) in [7, 11) is 0. The van der Waals surface area contributed by atoms with Crippen molar-refractivity contribution in [3.8, 4) is 0 Å². The number of nitrogens with zero attached hydrogens (tertiary/aromatic N) is 1. The minimum Gasteiger partial charge on any atom is -0.443 e.